The standard InChI is InChI=1S/C9H16N2O2/c10-8-1-2-11(9(8)13)5-6-3-7(12)4-6/h6-8,12H,1-5,10H2. The Morgan fingerprint density at radius 3 is 2.69 bits per heavy atom. The Hall–Kier alpha value is -0.610. The molecule has 4 heteroatoms. The van der Waals surface area contributed by atoms with Crippen molar-refractivity contribution < 1.29 is 9.90 Å². The molecule has 2 rings (SSSR count). The third-order valence-corrected chi connectivity index (χ3v) is 3.03. The summed E-state index contributed by atoms with van der Waals surface area (Å²) >= 11 is 0. The topological polar surface area (TPSA) is 66.6 Å². The van der Waals surface area contributed by atoms with Crippen molar-refractivity contribution in [3.05, 3.63) is 0 Å². The number of hydrogen-bond acceptors (Lipinski definition) is 3. The van der Waals surface area contributed by atoms with Gasteiger partial charge in [-0.1, -0.05) is 0 Å². The summed E-state index contributed by atoms with van der Waals surface area (Å²) in [5, 5.41) is 9.08. The summed E-state index contributed by atoms with van der Waals surface area (Å²) < 4.78 is 0. The summed E-state index contributed by atoms with van der Waals surface area (Å²) in [5.41, 5.74) is 5.59. The smallest absolute Gasteiger partial charge is 0.239 e. The molecule has 1 aliphatic heterocycles. The van der Waals surface area contributed by atoms with Gasteiger partial charge in [0.25, 0.3) is 0 Å². The number of nitrogens with two attached hydrogens (primary N) is 1. The molecule has 1 aliphatic carbocycles. The zero-order valence-electron chi connectivity index (χ0n) is 7.65. The number of hydrogen-bond donors (Lipinski definition) is 2. The highest BCUT2D eigenvalue weighted by Gasteiger charge is 2.34. The molecule has 3 N–H and O–H groups in total. The summed E-state index contributed by atoms with van der Waals surface area (Å²) in [6.45, 7) is 1.59. The van der Waals surface area contributed by atoms with E-state index in [9.17, 15) is 4.79 Å². The van der Waals surface area contributed by atoms with Crippen molar-refractivity contribution in [2.75, 3.05) is 13.1 Å². The molecule has 4 nitrogen and oxygen atoms in total. The molecule has 2 aliphatic rings. The molecule has 0 bridgehead atoms. The minimum Gasteiger partial charge on any atom is -0.393 e. The van der Waals surface area contributed by atoms with E-state index < -0.39 is 0 Å². The molecule has 1 saturated carbocycles. The summed E-state index contributed by atoms with van der Waals surface area (Å²) in [6, 6.07) is -0.273. The van der Waals surface area contributed by atoms with Gasteiger partial charge in [0.1, 0.15) is 0 Å². The zero-order chi connectivity index (χ0) is 9.42. The van der Waals surface area contributed by atoms with E-state index in [0.717, 1.165) is 32.4 Å². The Morgan fingerprint density at radius 1 is 1.54 bits per heavy atom. The van der Waals surface area contributed by atoms with E-state index in [1.807, 2.05) is 4.90 Å². The second-order valence-corrected chi connectivity index (χ2v) is 4.17. The van der Waals surface area contributed by atoms with E-state index in [4.69, 9.17) is 10.8 Å². The first kappa shape index (κ1) is 8.97. The molecule has 0 aromatic rings. The number of aliphatic hydroxyl groups excluding tert-OH is 1. The highest BCUT2D eigenvalue weighted by Crippen LogP contribution is 2.28. The van der Waals surface area contributed by atoms with E-state index in [1.54, 1.807) is 0 Å². The predicted octanol–water partition coefficient (Wildman–Crippen LogP) is -0.683. The third-order valence-electron chi connectivity index (χ3n) is 3.03. The fourth-order valence-corrected chi connectivity index (χ4v) is 2.11. The second kappa shape index (κ2) is 3.27. The molecule has 2 fully saturated rings. The summed E-state index contributed by atoms with van der Waals surface area (Å²) in [7, 11) is 0. The lowest BCUT2D eigenvalue weighted by atomic mass is 9.82. The van der Waals surface area contributed by atoms with Crippen LogP contribution in [0.1, 0.15) is 19.3 Å². The molecular weight excluding hydrogens is 168 g/mol. The summed E-state index contributed by atoms with van der Waals surface area (Å²) in [6.07, 6.45) is 2.35. The van der Waals surface area contributed by atoms with Crippen LogP contribution < -0.4 is 5.73 Å². The first-order valence-electron chi connectivity index (χ1n) is 4.89. The number of amides is 1. The zero-order valence-corrected chi connectivity index (χ0v) is 7.65. The quantitative estimate of drug-likeness (QED) is 0.597. The van der Waals surface area contributed by atoms with Crippen LogP contribution in [0.15, 0.2) is 0 Å². The van der Waals surface area contributed by atoms with Crippen molar-refractivity contribution in [3.63, 3.8) is 0 Å². The van der Waals surface area contributed by atoms with Gasteiger partial charge in [-0.25, -0.2) is 0 Å². The maximum absolute atomic E-state index is 11.4. The fourth-order valence-electron chi connectivity index (χ4n) is 2.11. The van der Waals surface area contributed by atoms with Crippen molar-refractivity contribution in [2.45, 2.75) is 31.4 Å². The molecule has 0 spiro atoms. The van der Waals surface area contributed by atoms with Crippen LogP contribution in [-0.4, -0.2) is 41.1 Å². The lowest BCUT2D eigenvalue weighted by Crippen LogP contribution is -2.41. The van der Waals surface area contributed by atoms with Crippen LogP contribution in [0.25, 0.3) is 0 Å². The minimum absolute atomic E-state index is 0.0846. The van der Waals surface area contributed by atoms with Gasteiger partial charge in [-0.15, -0.1) is 0 Å². The van der Waals surface area contributed by atoms with Gasteiger partial charge in [0, 0.05) is 13.1 Å². The number of nitrogens with zero attached hydrogens (tertiary/aromatic N) is 1. The van der Waals surface area contributed by atoms with Gasteiger partial charge in [-0.05, 0) is 25.2 Å². The van der Waals surface area contributed by atoms with Crippen molar-refractivity contribution >= 4 is 5.91 Å². The van der Waals surface area contributed by atoms with Crippen molar-refractivity contribution in [3.8, 4) is 0 Å². The lowest BCUT2D eigenvalue weighted by Gasteiger charge is -2.34. The fraction of sp³-hybridized carbons (Fsp3) is 0.889. The van der Waals surface area contributed by atoms with Crippen LogP contribution in [0.5, 0.6) is 0 Å². The van der Waals surface area contributed by atoms with Gasteiger partial charge >= 0.3 is 0 Å². The molecule has 13 heavy (non-hydrogen) atoms. The average molecular weight is 184 g/mol. The van der Waals surface area contributed by atoms with Crippen LogP contribution in [0.4, 0.5) is 0 Å². The second-order valence-electron chi connectivity index (χ2n) is 4.17. The molecule has 0 aromatic heterocycles. The van der Waals surface area contributed by atoms with Gasteiger partial charge in [0.15, 0.2) is 0 Å². The van der Waals surface area contributed by atoms with Gasteiger partial charge in [-0.2, -0.15) is 0 Å². The van der Waals surface area contributed by atoms with Crippen LogP contribution in [0, 0.1) is 5.92 Å². The normalized spacial score (nSPS) is 39.4. The van der Waals surface area contributed by atoms with E-state index in [1.165, 1.54) is 0 Å². The van der Waals surface area contributed by atoms with Gasteiger partial charge in [-0.3, -0.25) is 4.79 Å². The van der Waals surface area contributed by atoms with Crippen LogP contribution in [0.2, 0.25) is 0 Å². The number of carbonyl (C=O) groups excluding carboxylic acids is 1. The minimum atomic E-state index is -0.273. The van der Waals surface area contributed by atoms with E-state index >= 15 is 0 Å². The van der Waals surface area contributed by atoms with Crippen molar-refractivity contribution in [1.82, 2.24) is 4.90 Å². The molecule has 1 saturated heterocycles. The third kappa shape index (κ3) is 1.69. The van der Waals surface area contributed by atoms with Gasteiger partial charge in [0.05, 0.1) is 12.1 Å². The Bertz CT molecular complexity index is 214. The first-order valence-corrected chi connectivity index (χ1v) is 4.89. The van der Waals surface area contributed by atoms with Crippen LogP contribution in [-0.2, 0) is 4.79 Å². The van der Waals surface area contributed by atoms with Crippen molar-refractivity contribution in [2.24, 2.45) is 11.7 Å². The lowest BCUT2D eigenvalue weighted by molar-refractivity contribution is -0.130. The highest BCUT2D eigenvalue weighted by molar-refractivity contribution is 5.83. The van der Waals surface area contributed by atoms with Crippen molar-refractivity contribution in [1.29, 1.82) is 0 Å². The SMILES string of the molecule is NC1CCN(CC2CC(O)C2)C1=O. The molecule has 0 radical (unpaired) electrons. The highest BCUT2D eigenvalue weighted by atomic mass is 16.3. The maximum Gasteiger partial charge on any atom is 0.239 e. The Balaban J connectivity index is 1.79. The molecule has 1 heterocycles. The molecular formula is C9H16N2O2. The number of aliphatic hydroxyl groups is 1. The molecule has 1 amide bonds. The van der Waals surface area contributed by atoms with Crippen LogP contribution >= 0.6 is 0 Å². The summed E-state index contributed by atoms with van der Waals surface area (Å²) in [4.78, 5) is 13.2. The van der Waals surface area contributed by atoms with Gasteiger partial charge in [0.2, 0.25) is 5.91 Å². The number of carbonyl (C=O) groups is 1. The molecule has 0 aromatic carbocycles. The Kier molecular flexibility index (Phi) is 2.26. The molecule has 1 atom stereocenters. The van der Waals surface area contributed by atoms with E-state index in [2.05, 4.69) is 0 Å². The predicted molar refractivity (Wildman–Crippen MR) is 47.9 cm³/mol. The Labute approximate surface area is 77.7 Å². The van der Waals surface area contributed by atoms with Gasteiger partial charge < -0.3 is 15.7 Å². The van der Waals surface area contributed by atoms with Crippen LogP contribution in [0.3, 0.4) is 0 Å². The monoisotopic (exact) mass is 184 g/mol. The first-order chi connectivity index (χ1) is 6.16. The summed E-state index contributed by atoms with van der Waals surface area (Å²) in [5.74, 6) is 0.589. The number of likely N-dealkylation sites (tertiary alicyclic amines) is 1. The molecule has 1 unspecified atom stereocenters. The Morgan fingerprint density at radius 2 is 2.23 bits per heavy atom. The maximum atomic E-state index is 11.4. The number of rotatable bonds is 2. The van der Waals surface area contributed by atoms with E-state index in [-0.39, 0.29) is 18.1 Å². The van der Waals surface area contributed by atoms with E-state index in [0.29, 0.717) is 5.92 Å². The average Bonchev–Trinajstić information content (AvgIpc) is 2.33. The largest absolute Gasteiger partial charge is 0.393 e. The molecule has 74 valence electrons.